The molecule has 0 bridgehead atoms. The summed E-state index contributed by atoms with van der Waals surface area (Å²) in [5, 5.41) is 2.87. The van der Waals surface area contributed by atoms with Crippen molar-refractivity contribution in [2.24, 2.45) is 5.92 Å². The Morgan fingerprint density at radius 3 is 2.62 bits per heavy atom. The van der Waals surface area contributed by atoms with Crippen molar-refractivity contribution in [2.45, 2.75) is 45.9 Å². The number of carbonyl (C=O) groups is 2. The minimum atomic E-state index is -0.0644. The van der Waals surface area contributed by atoms with E-state index >= 15 is 0 Å². The number of benzene rings is 1. The second kappa shape index (κ2) is 8.37. The zero-order valence-corrected chi connectivity index (χ0v) is 17.1. The molecule has 1 fully saturated rings. The Morgan fingerprint density at radius 1 is 1.21 bits per heavy atom. The van der Waals surface area contributed by atoms with E-state index in [1.165, 1.54) is 5.56 Å². The normalized spacial score (nSPS) is 19.7. The van der Waals surface area contributed by atoms with Gasteiger partial charge in [-0.1, -0.05) is 29.8 Å². The maximum Gasteiger partial charge on any atom is 0.274 e. The van der Waals surface area contributed by atoms with Crippen LogP contribution in [0.1, 0.15) is 53.2 Å². The van der Waals surface area contributed by atoms with Crippen LogP contribution in [0.2, 0.25) is 0 Å². The van der Waals surface area contributed by atoms with Crippen molar-refractivity contribution >= 4 is 11.8 Å². The second-order valence-electron chi connectivity index (χ2n) is 7.86. The minimum Gasteiger partial charge on any atom is -0.365 e. The summed E-state index contributed by atoms with van der Waals surface area (Å²) in [6.45, 7) is 6.81. The van der Waals surface area contributed by atoms with Crippen LogP contribution < -0.4 is 5.32 Å². The molecule has 0 unspecified atom stereocenters. The Morgan fingerprint density at radius 2 is 1.93 bits per heavy atom. The van der Waals surface area contributed by atoms with E-state index in [2.05, 4.69) is 41.5 Å². The molecule has 2 aliphatic rings. The molecule has 4 rings (SSSR count). The van der Waals surface area contributed by atoms with E-state index in [-0.39, 0.29) is 23.8 Å². The van der Waals surface area contributed by atoms with Gasteiger partial charge in [0.25, 0.3) is 5.91 Å². The molecule has 1 aromatic carbocycles. The van der Waals surface area contributed by atoms with Crippen molar-refractivity contribution in [1.82, 2.24) is 19.8 Å². The number of likely N-dealkylation sites (tertiary alicyclic amines) is 1. The second-order valence-corrected chi connectivity index (χ2v) is 7.86. The number of nitrogens with zero attached hydrogens (tertiary/aromatic N) is 3. The summed E-state index contributed by atoms with van der Waals surface area (Å²) < 4.78 is 8.09. The number of piperidine rings is 1. The summed E-state index contributed by atoms with van der Waals surface area (Å²) in [4.78, 5) is 31.3. The summed E-state index contributed by atoms with van der Waals surface area (Å²) in [5.41, 5.74) is 3.67. The first-order chi connectivity index (χ1) is 14.1. The fourth-order valence-electron chi connectivity index (χ4n) is 4.10. The Bertz CT molecular complexity index is 882. The van der Waals surface area contributed by atoms with Gasteiger partial charge in [-0.15, -0.1) is 0 Å². The fraction of sp³-hybridized carbons (Fsp3) is 0.500. The lowest BCUT2D eigenvalue weighted by atomic mass is 9.95. The Labute approximate surface area is 171 Å². The molecule has 1 aromatic heterocycles. The first-order valence-corrected chi connectivity index (χ1v) is 10.4. The summed E-state index contributed by atoms with van der Waals surface area (Å²) in [5.74, 6) is 0.0218. The van der Waals surface area contributed by atoms with E-state index in [0.29, 0.717) is 51.3 Å². The molecule has 7 heteroatoms. The van der Waals surface area contributed by atoms with Crippen LogP contribution in [0, 0.1) is 12.8 Å². The van der Waals surface area contributed by atoms with Crippen LogP contribution in [0.3, 0.4) is 0 Å². The molecule has 29 heavy (non-hydrogen) atoms. The van der Waals surface area contributed by atoms with Gasteiger partial charge >= 0.3 is 0 Å². The molecule has 7 nitrogen and oxygen atoms in total. The van der Waals surface area contributed by atoms with Gasteiger partial charge in [0.1, 0.15) is 6.10 Å². The van der Waals surface area contributed by atoms with Gasteiger partial charge in [-0.05, 0) is 32.3 Å². The van der Waals surface area contributed by atoms with E-state index in [0.717, 1.165) is 11.3 Å². The molecule has 0 radical (unpaired) electrons. The zero-order valence-electron chi connectivity index (χ0n) is 17.1. The number of ether oxygens (including phenoxy) is 1. The molecule has 1 N–H and O–H groups in total. The lowest BCUT2D eigenvalue weighted by Gasteiger charge is -2.31. The molecular weight excluding hydrogens is 368 g/mol. The first-order valence-electron chi connectivity index (χ1n) is 10.4. The molecule has 1 saturated heterocycles. The Hall–Kier alpha value is -2.67. The average molecular weight is 396 g/mol. The largest absolute Gasteiger partial charge is 0.365 e. The van der Waals surface area contributed by atoms with Crippen molar-refractivity contribution in [3.8, 4) is 0 Å². The van der Waals surface area contributed by atoms with E-state index in [1.54, 1.807) is 6.33 Å². The maximum absolute atomic E-state index is 13.0. The molecule has 154 valence electrons. The van der Waals surface area contributed by atoms with Gasteiger partial charge in [-0.25, -0.2) is 4.98 Å². The van der Waals surface area contributed by atoms with Crippen molar-refractivity contribution < 1.29 is 14.3 Å². The predicted molar refractivity (Wildman–Crippen MR) is 108 cm³/mol. The molecule has 0 spiro atoms. The number of rotatable bonds is 4. The van der Waals surface area contributed by atoms with Gasteiger partial charge in [0.2, 0.25) is 5.91 Å². The van der Waals surface area contributed by atoms with Crippen molar-refractivity contribution in [2.75, 3.05) is 19.6 Å². The number of amides is 2. The minimum absolute atomic E-state index is 0.00601. The lowest BCUT2D eigenvalue weighted by molar-refractivity contribution is -0.126. The highest BCUT2D eigenvalue weighted by Crippen LogP contribution is 2.29. The van der Waals surface area contributed by atoms with Crippen molar-refractivity contribution in [1.29, 1.82) is 0 Å². The highest BCUT2D eigenvalue weighted by Gasteiger charge is 2.32. The maximum atomic E-state index is 13.0. The van der Waals surface area contributed by atoms with Crippen LogP contribution in [-0.2, 0) is 22.7 Å². The number of hydrogen-bond donors (Lipinski definition) is 1. The van der Waals surface area contributed by atoms with Gasteiger partial charge < -0.3 is 19.5 Å². The average Bonchev–Trinajstić information content (AvgIpc) is 3.17. The summed E-state index contributed by atoms with van der Waals surface area (Å²) >= 11 is 0. The van der Waals surface area contributed by atoms with Gasteiger partial charge in [-0.3, -0.25) is 9.59 Å². The third-order valence-corrected chi connectivity index (χ3v) is 5.89. The zero-order chi connectivity index (χ0) is 20.4. The molecule has 2 aliphatic heterocycles. The topological polar surface area (TPSA) is 76.5 Å². The van der Waals surface area contributed by atoms with E-state index in [9.17, 15) is 9.59 Å². The first kappa shape index (κ1) is 19.6. The van der Waals surface area contributed by atoms with Crippen LogP contribution in [0.25, 0.3) is 0 Å². The smallest absolute Gasteiger partial charge is 0.274 e. The van der Waals surface area contributed by atoms with E-state index in [1.807, 2.05) is 16.4 Å². The van der Waals surface area contributed by atoms with Gasteiger partial charge in [0.15, 0.2) is 5.69 Å². The van der Waals surface area contributed by atoms with Crippen LogP contribution in [0.15, 0.2) is 30.6 Å². The molecule has 1 atom stereocenters. The molecule has 2 aromatic rings. The number of fused-ring (bicyclic) bond motifs is 1. The van der Waals surface area contributed by atoms with Gasteiger partial charge in [0.05, 0.1) is 25.2 Å². The number of aryl methyl sites for hydroxylation is 1. The number of imidazole rings is 1. The number of aromatic nitrogens is 2. The highest BCUT2D eigenvalue weighted by atomic mass is 16.5. The number of hydrogen-bond acceptors (Lipinski definition) is 4. The van der Waals surface area contributed by atoms with Crippen LogP contribution in [0.5, 0.6) is 0 Å². The van der Waals surface area contributed by atoms with E-state index in [4.69, 9.17) is 4.74 Å². The van der Waals surface area contributed by atoms with Crippen molar-refractivity contribution in [3.63, 3.8) is 0 Å². The monoisotopic (exact) mass is 396 g/mol. The van der Waals surface area contributed by atoms with Gasteiger partial charge in [-0.2, -0.15) is 0 Å². The summed E-state index contributed by atoms with van der Waals surface area (Å²) in [6.07, 6.45) is 3.10. The van der Waals surface area contributed by atoms with Crippen LogP contribution >= 0.6 is 0 Å². The SMILES string of the molecule is CCNC(=O)C1CCN(C(=O)c2ncn3c2CO[C@@H](c2ccc(C)cc2)C3)CC1. The highest BCUT2D eigenvalue weighted by molar-refractivity contribution is 5.93. The third-order valence-electron chi connectivity index (χ3n) is 5.89. The standard InChI is InChI=1S/C22H28N4O3/c1-3-23-21(27)17-8-10-25(11-9-17)22(28)20-18-13-29-19(12-26(18)14-24-20)16-6-4-15(2)5-7-16/h4-7,14,17,19H,3,8-13H2,1-2H3,(H,23,27)/t19-/m1/s1. The Balaban J connectivity index is 1.41. The molecule has 3 heterocycles. The molecular formula is C22H28N4O3. The molecule has 2 amide bonds. The number of nitrogens with one attached hydrogen (secondary N) is 1. The molecule has 0 aliphatic carbocycles. The van der Waals surface area contributed by atoms with E-state index < -0.39 is 0 Å². The third kappa shape index (κ3) is 4.05. The predicted octanol–water partition coefficient (Wildman–Crippen LogP) is 2.45. The summed E-state index contributed by atoms with van der Waals surface area (Å²) in [7, 11) is 0. The van der Waals surface area contributed by atoms with Crippen molar-refractivity contribution in [3.05, 3.63) is 53.1 Å². The van der Waals surface area contributed by atoms with Gasteiger partial charge in [0, 0.05) is 25.6 Å². The Kier molecular flexibility index (Phi) is 5.67. The van der Waals surface area contributed by atoms with Crippen LogP contribution in [-0.4, -0.2) is 45.9 Å². The number of carbonyl (C=O) groups excluding carboxylic acids is 2. The summed E-state index contributed by atoms with van der Waals surface area (Å²) in [6, 6.07) is 8.35. The quantitative estimate of drug-likeness (QED) is 0.861. The van der Waals surface area contributed by atoms with Crippen LogP contribution in [0.4, 0.5) is 0 Å². The lowest BCUT2D eigenvalue weighted by Crippen LogP contribution is -2.43. The fourth-order valence-corrected chi connectivity index (χ4v) is 4.10. The molecule has 0 saturated carbocycles.